The van der Waals surface area contributed by atoms with Crippen molar-refractivity contribution in [2.45, 2.75) is 178 Å². The van der Waals surface area contributed by atoms with E-state index in [0.717, 1.165) is 0 Å². The zero-order chi connectivity index (χ0) is 50.9. The summed E-state index contributed by atoms with van der Waals surface area (Å²) >= 11 is 0. The van der Waals surface area contributed by atoms with Gasteiger partial charge in [-0.15, -0.1) is 0 Å². The Balaban J connectivity index is 1.61. The monoisotopic (exact) mass is 952 g/mol. The topological polar surface area (TPSA) is 232 Å². The summed E-state index contributed by atoms with van der Waals surface area (Å²) < 4.78 is 38.5. The normalized spacial score (nSPS) is 43.2. The molecular formula is C52H72O16. The van der Waals surface area contributed by atoms with Crippen LogP contribution in [-0.2, 0) is 66.8 Å². The molecule has 0 saturated heterocycles. The molecular weight excluding hydrogens is 881 g/mol. The summed E-state index contributed by atoms with van der Waals surface area (Å²) in [6.07, 6.45) is -7.55. The predicted molar refractivity (Wildman–Crippen MR) is 240 cm³/mol. The van der Waals surface area contributed by atoms with Gasteiger partial charge in [-0.25, -0.2) is 0 Å². The van der Waals surface area contributed by atoms with E-state index in [1.807, 2.05) is 34.6 Å². The molecule has 376 valence electrons. The van der Waals surface area contributed by atoms with Crippen LogP contribution in [0.1, 0.15) is 136 Å². The fourth-order valence-corrected chi connectivity index (χ4v) is 16.8. The molecule has 6 fully saturated rings. The summed E-state index contributed by atoms with van der Waals surface area (Å²) in [6.45, 7) is 23.1. The lowest BCUT2D eigenvalue weighted by molar-refractivity contribution is -0.338. The maximum absolute atomic E-state index is 14.4. The van der Waals surface area contributed by atoms with Crippen LogP contribution in [0.3, 0.4) is 0 Å². The van der Waals surface area contributed by atoms with Gasteiger partial charge in [0.05, 0.1) is 0 Å². The van der Waals surface area contributed by atoms with Gasteiger partial charge in [-0.3, -0.25) is 38.4 Å². The highest BCUT2D eigenvalue weighted by Gasteiger charge is 2.81. The fourth-order valence-electron chi connectivity index (χ4n) is 16.8. The van der Waals surface area contributed by atoms with Crippen LogP contribution in [0, 0.1) is 68.5 Å². The van der Waals surface area contributed by atoms with Crippen molar-refractivity contribution in [3.63, 3.8) is 0 Å². The SMILES string of the molecule is CC(=O)O[C@H]1[C@@H]2[C@@H](C)C3C(C[C@@]2(C)[C@@H](OC(C)=O)[C@H](OC(C)=O)C2=C(C)C(=O)C[C@@H]1C2(C)C)[C@]1(CO)CCC3[C@]2(C)[C@@H]1[C@H](OC(C)=O)[C@]1(O)CC(=O)C(C)=C([C@@H](OC(C)=O)[C@@H]2OC(C)=O)C1(C)C. The van der Waals surface area contributed by atoms with Gasteiger partial charge in [-0.05, 0) is 84.5 Å². The lowest BCUT2D eigenvalue weighted by Crippen LogP contribution is -2.80. The Labute approximate surface area is 398 Å². The van der Waals surface area contributed by atoms with Gasteiger partial charge < -0.3 is 38.6 Å². The summed E-state index contributed by atoms with van der Waals surface area (Å²) in [5.41, 5.74) is -7.48. The minimum Gasteiger partial charge on any atom is -0.462 e. The quantitative estimate of drug-likeness (QED) is 0.237. The molecule has 0 radical (unpaired) electrons. The molecule has 0 heterocycles. The van der Waals surface area contributed by atoms with Crippen molar-refractivity contribution >= 4 is 47.4 Å². The Kier molecular flexibility index (Phi) is 12.8. The average molecular weight is 953 g/mol. The van der Waals surface area contributed by atoms with Crippen LogP contribution in [0.5, 0.6) is 0 Å². The molecule has 8 rings (SSSR count). The minimum atomic E-state index is -2.18. The summed E-state index contributed by atoms with van der Waals surface area (Å²) in [5, 5.41) is 26.1. The first-order valence-corrected chi connectivity index (χ1v) is 24.2. The first-order valence-electron chi connectivity index (χ1n) is 24.2. The zero-order valence-corrected chi connectivity index (χ0v) is 42.4. The Morgan fingerprint density at radius 1 is 0.632 bits per heavy atom. The van der Waals surface area contributed by atoms with E-state index in [-0.39, 0.29) is 29.8 Å². The molecule has 0 aliphatic heterocycles. The smallest absolute Gasteiger partial charge is 0.303 e. The number of ketones is 2. The van der Waals surface area contributed by atoms with Crippen LogP contribution in [0.4, 0.5) is 0 Å². The molecule has 2 N–H and O–H groups in total. The van der Waals surface area contributed by atoms with Crippen LogP contribution < -0.4 is 0 Å². The lowest BCUT2D eigenvalue weighted by atomic mass is 9.29. The molecule has 8 aliphatic carbocycles. The van der Waals surface area contributed by atoms with Crippen LogP contribution in [-0.4, -0.2) is 106 Å². The van der Waals surface area contributed by atoms with Gasteiger partial charge in [0.2, 0.25) is 0 Å². The second-order valence-electron chi connectivity index (χ2n) is 23.1. The number of hydrogen-bond donors (Lipinski definition) is 2. The Morgan fingerprint density at radius 3 is 1.63 bits per heavy atom. The maximum atomic E-state index is 14.4. The third-order valence-corrected chi connectivity index (χ3v) is 19.1. The number of carbonyl (C=O) groups excluding carboxylic acids is 8. The third-order valence-electron chi connectivity index (χ3n) is 19.1. The van der Waals surface area contributed by atoms with Gasteiger partial charge in [0.15, 0.2) is 23.8 Å². The van der Waals surface area contributed by atoms with E-state index in [1.54, 1.807) is 27.7 Å². The van der Waals surface area contributed by atoms with E-state index in [2.05, 4.69) is 0 Å². The summed E-state index contributed by atoms with van der Waals surface area (Å²) in [7, 11) is 0. The van der Waals surface area contributed by atoms with Crippen molar-refractivity contribution < 1.29 is 77.0 Å². The number of esters is 6. The first kappa shape index (κ1) is 51.4. The number of Topliss-reactive ketones (excluding diaryl/α,β-unsaturated/α-hetero) is 2. The number of fused-ring (bicyclic) bond motifs is 6. The van der Waals surface area contributed by atoms with Crippen LogP contribution in [0.2, 0.25) is 0 Å². The standard InChI is InChI=1S/C52H72O16/c1-22-34(60)18-32-40(63-25(4)54)39-24(3)36-31-16-17-51(21-53,33(36)19-49(39,14)44(66-28(7)57)41(64-26(5)55)37(22)47(32,10)11)43-46(68-30(9)59)52(62)20-35(61)23(2)38(48(52,12)13)42(65-27(6)56)45(50(31,43)15)67-29(8)58/h24,31-33,36,39-46,53,62H,16-21H2,1-15H3/t24-,31?,32-,33?,36?,39-,40+,41+,42+,43-,44-,45-,46-,49+,50+,51+,52+/m0/s1. The second-order valence-corrected chi connectivity index (χ2v) is 23.1. The fraction of sp³-hybridized carbons (Fsp3) is 0.769. The number of aliphatic hydroxyl groups excluding tert-OH is 1. The summed E-state index contributed by atoms with van der Waals surface area (Å²) in [6, 6.07) is 0. The number of aliphatic hydroxyl groups is 2. The predicted octanol–water partition coefficient (Wildman–Crippen LogP) is 5.50. The molecule has 0 aromatic heterocycles. The maximum Gasteiger partial charge on any atom is 0.303 e. The van der Waals surface area contributed by atoms with E-state index < -0.39 is 165 Å². The molecule has 8 aliphatic rings. The molecule has 16 nitrogen and oxygen atoms in total. The van der Waals surface area contributed by atoms with Gasteiger partial charge in [0.1, 0.15) is 30.0 Å². The number of rotatable bonds is 7. The van der Waals surface area contributed by atoms with E-state index in [1.165, 1.54) is 41.5 Å². The summed E-state index contributed by atoms with van der Waals surface area (Å²) in [4.78, 5) is 110. The largest absolute Gasteiger partial charge is 0.462 e. The van der Waals surface area contributed by atoms with Crippen molar-refractivity contribution in [2.75, 3.05) is 6.61 Å². The van der Waals surface area contributed by atoms with Gasteiger partial charge in [0, 0.05) is 100 Å². The molecule has 17 atom stereocenters. The van der Waals surface area contributed by atoms with Crippen LogP contribution >= 0.6 is 0 Å². The average Bonchev–Trinajstić information content (AvgIpc) is 3.19. The molecule has 68 heavy (non-hydrogen) atoms. The first-order chi connectivity index (χ1) is 31.3. The van der Waals surface area contributed by atoms with E-state index >= 15 is 0 Å². The number of ether oxygens (including phenoxy) is 6. The van der Waals surface area contributed by atoms with Crippen molar-refractivity contribution in [1.29, 1.82) is 0 Å². The molecule has 0 amide bonds. The lowest BCUT2D eigenvalue weighted by Gasteiger charge is -2.76. The Hall–Kier alpha value is -4.44. The highest BCUT2D eigenvalue weighted by molar-refractivity contribution is 5.99. The molecule has 6 saturated carbocycles. The highest BCUT2D eigenvalue weighted by Crippen LogP contribution is 2.78. The molecule has 3 unspecified atom stereocenters. The van der Waals surface area contributed by atoms with E-state index in [0.29, 0.717) is 24.0 Å². The van der Waals surface area contributed by atoms with Crippen molar-refractivity contribution in [1.82, 2.24) is 0 Å². The Morgan fingerprint density at radius 2 is 1.12 bits per heavy atom. The number of allylic oxidation sites excluding steroid dienone is 2. The van der Waals surface area contributed by atoms with Gasteiger partial charge >= 0.3 is 35.8 Å². The minimum absolute atomic E-state index is 0.00724. The van der Waals surface area contributed by atoms with Crippen molar-refractivity contribution in [3.8, 4) is 0 Å². The van der Waals surface area contributed by atoms with Crippen molar-refractivity contribution in [3.05, 3.63) is 22.3 Å². The van der Waals surface area contributed by atoms with E-state index in [9.17, 15) is 48.6 Å². The summed E-state index contributed by atoms with van der Waals surface area (Å²) in [5.74, 6) is -9.62. The second kappa shape index (κ2) is 16.9. The van der Waals surface area contributed by atoms with Gasteiger partial charge in [0.25, 0.3) is 0 Å². The van der Waals surface area contributed by atoms with Crippen LogP contribution in [0.15, 0.2) is 22.3 Å². The van der Waals surface area contributed by atoms with Gasteiger partial charge in [-0.1, -0.05) is 48.5 Å². The molecule has 0 aromatic carbocycles. The highest BCUT2D eigenvalue weighted by atomic mass is 16.6. The zero-order valence-electron chi connectivity index (χ0n) is 42.4. The van der Waals surface area contributed by atoms with Gasteiger partial charge in [-0.2, -0.15) is 0 Å². The molecule has 0 spiro atoms. The molecule has 16 heteroatoms. The molecule has 6 bridgehead atoms. The van der Waals surface area contributed by atoms with E-state index in [4.69, 9.17) is 28.4 Å². The third kappa shape index (κ3) is 7.16. The molecule has 0 aromatic rings. The number of hydrogen-bond acceptors (Lipinski definition) is 16. The Bertz CT molecular complexity index is 2290. The number of carbonyl (C=O) groups is 8. The van der Waals surface area contributed by atoms with Crippen LogP contribution in [0.25, 0.3) is 0 Å². The van der Waals surface area contributed by atoms with Crippen molar-refractivity contribution in [2.24, 2.45) is 68.5 Å².